The van der Waals surface area contributed by atoms with Gasteiger partial charge in [0.25, 0.3) is 5.91 Å². The maximum absolute atomic E-state index is 12.4. The fraction of sp³-hybridized carbons (Fsp3) is 0.174. The van der Waals surface area contributed by atoms with E-state index < -0.39 is 18.5 Å². The molecule has 0 fully saturated rings. The Morgan fingerprint density at radius 1 is 1.10 bits per heavy atom. The molecule has 1 heterocycles. The number of hydrogen-bond acceptors (Lipinski definition) is 5. The molecule has 0 saturated carbocycles. The van der Waals surface area contributed by atoms with E-state index >= 15 is 0 Å². The van der Waals surface area contributed by atoms with Crippen molar-refractivity contribution in [2.75, 3.05) is 18.5 Å². The van der Waals surface area contributed by atoms with Gasteiger partial charge in [0.1, 0.15) is 17.6 Å². The number of nitriles is 1. The van der Waals surface area contributed by atoms with Crippen LogP contribution in [0.4, 0.5) is 5.82 Å². The number of para-hydroxylation sites is 1. The third-order valence-corrected chi connectivity index (χ3v) is 4.85. The topological polar surface area (TPSA) is 93.3 Å². The first-order valence-electron chi connectivity index (χ1n) is 9.42. The third kappa shape index (κ3) is 5.24. The summed E-state index contributed by atoms with van der Waals surface area (Å²) in [6.45, 7) is 2.80. The van der Waals surface area contributed by atoms with Gasteiger partial charge in [-0.2, -0.15) is 5.26 Å². The van der Waals surface area contributed by atoms with Crippen LogP contribution in [0.1, 0.15) is 16.8 Å². The lowest BCUT2D eigenvalue weighted by Gasteiger charge is -2.13. The second-order valence-electron chi connectivity index (χ2n) is 6.67. The number of nitrogens with one attached hydrogen (secondary N) is 1. The summed E-state index contributed by atoms with van der Waals surface area (Å²) in [6, 6.07) is 18.1. The Labute approximate surface area is 184 Å². The van der Waals surface area contributed by atoms with E-state index in [-0.39, 0.29) is 6.61 Å². The summed E-state index contributed by atoms with van der Waals surface area (Å²) >= 11 is 5.86. The molecule has 1 N–H and O–H groups in total. The summed E-state index contributed by atoms with van der Waals surface area (Å²) < 4.78 is 12.1. The van der Waals surface area contributed by atoms with E-state index in [0.29, 0.717) is 22.2 Å². The van der Waals surface area contributed by atoms with Crippen molar-refractivity contribution >= 4 is 29.3 Å². The van der Waals surface area contributed by atoms with E-state index in [2.05, 4.69) is 11.4 Å². The molecular weight excluding hydrogens is 418 g/mol. The van der Waals surface area contributed by atoms with E-state index in [1.54, 1.807) is 28.8 Å². The van der Waals surface area contributed by atoms with Gasteiger partial charge in [-0.1, -0.05) is 35.9 Å². The van der Waals surface area contributed by atoms with Crippen LogP contribution in [0.15, 0.2) is 54.6 Å². The van der Waals surface area contributed by atoms with Crippen molar-refractivity contribution in [1.82, 2.24) is 4.57 Å². The van der Waals surface area contributed by atoms with Crippen LogP contribution in [-0.2, 0) is 14.3 Å². The van der Waals surface area contributed by atoms with Crippen LogP contribution in [0.2, 0.25) is 5.02 Å². The zero-order valence-electron chi connectivity index (χ0n) is 17.0. The molecule has 0 aliphatic heterocycles. The molecule has 0 spiro atoms. The first-order chi connectivity index (χ1) is 14.9. The van der Waals surface area contributed by atoms with Gasteiger partial charge in [0, 0.05) is 16.4 Å². The van der Waals surface area contributed by atoms with Gasteiger partial charge >= 0.3 is 5.97 Å². The predicted octanol–water partition coefficient (Wildman–Crippen LogP) is 4.18. The van der Waals surface area contributed by atoms with E-state index in [0.717, 1.165) is 16.9 Å². The average Bonchev–Trinajstić information content (AvgIpc) is 3.00. The molecule has 1 amide bonds. The van der Waals surface area contributed by atoms with Crippen LogP contribution in [0.25, 0.3) is 5.69 Å². The first kappa shape index (κ1) is 21.9. The molecule has 3 aromatic rings. The van der Waals surface area contributed by atoms with Gasteiger partial charge in [-0.15, -0.1) is 0 Å². The summed E-state index contributed by atoms with van der Waals surface area (Å²) in [5.41, 5.74) is 2.73. The number of nitrogens with zero attached hydrogens (tertiary/aromatic N) is 2. The van der Waals surface area contributed by atoms with E-state index in [1.165, 1.54) is 0 Å². The molecule has 0 atom stereocenters. The Hall–Kier alpha value is -3.76. The molecule has 0 aliphatic rings. The van der Waals surface area contributed by atoms with Gasteiger partial charge in [-0.3, -0.25) is 9.36 Å². The molecule has 0 saturated heterocycles. The van der Waals surface area contributed by atoms with Crippen molar-refractivity contribution in [3.63, 3.8) is 0 Å². The van der Waals surface area contributed by atoms with Crippen molar-refractivity contribution in [3.8, 4) is 17.5 Å². The SMILES string of the molecule is Cc1c(C#N)c(NC(=O)COC(=O)COc2cccc(Cl)c2)n(-c2ccccc2)c1C. The average molecular weight is 438 g/mol. The van der Waals surface area contributed by atoms with Crippen LogP contribution < -0.4 is 10.1 Å². The molecule has 0 bridgehead atoms. The number of aromatic nitrogens is 1. The van der Waals surface area contributed by atoms with Gasteiger partial charge in [-0.25, -0.2) is 4.79 Å². The largest absolute Gasteiger partial charge is 0.482 e. The van der Waals surface area contributed by atoms with Crippen LogP contribution in [0.3, 0.4) is 0 Å². The summed E-state index contributed by atoms with van der Waals surface area (Å²) in [7, 11) is 0. The quantitative estimate of drug-likeness (QED) is 0.559. The molecule has 158 valence electrons. The minimum absolute atomic E-state index is 0.333. The number of amides is 1. The molecule has 3 rings (SSSR count). The highest BCUT2D eigenvalue weighted by molar-refractivity contribution is 6.30. The van der Waals surface area contributed by atoms with Crippen LogP contribution in [0, 0.1) is 25.2 Å². The highest BCUT2D eigenvalue weighted by atomic mass is 35.5. The molecule has 2 aromatic carbocycles. The number of anilines is 1. The van der Waals surface area contributed by atoms with Crippen LogP contribution in [0.5, 0.6) is 5.75 Å². The molecule has 0 radical (unpaired) electrons. The summed E-state index contributed by atoms with van der Waals surface area (Å²) in [5, 5.41) is 12.8. The summed E-state index contributed by atoms with van der Waals surface area (Å²) in [4.78, 5) is 24.3. The van der Waals surface area contributed by atoms with Gasteiger partial charge in [0.15, 0.2) is 13.2 Å². The van der Waals surface area contributed by atoms with Crippen LogP contribution in [-0.4, -0.2) is 29.7 Å². The number of halogens is 1. The molecule has 1 aromatic heterocycles. The third-order valence-electron chi connectivity index (χ3n) is 4.61. The number of carbonyl (C=O) groups excluding carboxylic acids is 2. The number of rotatable bonds is 7. The smallest absolute Gasteiger partial charge is 0.344 e. The van der Waals surface area contributed by atoms with Crippen LogP contribution >= 0.6 is 11.6 Å². The maximum atomic E-state index is 12.4. The zero-order valence-corrected chi connectivity index (χ0v) is 17.8. The Morgan fingerprint density at radius 2 is 1.84 bits per heavy atom. The molecule has 31 heavy (non-hydrogen) atoms. The van der Waals surface area contributed by atoms with Gasteiger partial charge < -0.3 is 14.8 Å². The zero-order chi connectivity index (χ0) is 22.4. The Bertz CT molecular complexity index is 1150. The minimum atomic E-state index is -0.707. The second-order valence-corrected chi connectivity index (χ2v) is 7.11. The predicted molar refractivity (Wildman–Crippen MR) is 116 cm³/mol. The minimum Gasteiger partial charge on any atom is -0.482 e. The number of benzene rings is 2. The molecular formula is C23H20ClN3O4. The highest BCUT2D eigenvalue weighted by Gasteiger charge is 2.21. The molecule has 7 nitrogen and oxygen atoms in total. The van der Waals surface area contributed by atoms with Crippen molar-refractivity contribution in [2.45, 2.75) is 13.8 Å². The molecule has 0 unspecified atom stereocenters. The van der Waals surface area contributed by atoms with Crippen molar-refractivity contribution in [3.05, 3.63) is 76.4 Å². The fourth-order valence-corrected chi connectivity index (χ4v) is 3.20. The van der Waals surface area contributed by atoms with Gasteiger partial charge in [0.05, 0.1) is 5.56 Å². The first-order valence-corrected chi connectivity index (χ1v) is 9.79. The number of esters is 1. The van der Waals surface area contributed by atoms with E-state index in [1.807, 2.05) is 44.2 Å². The van der Waals surface area contributed by atoms with E-state index in [4.69, 9.17) is 21.1 Å². The van der Waals surface area contributed by atoms with Gasteiger partial charge in [0.2, 0.25) is 0 Å². The number of carbonyl (C=O) groups is 2. The molecule has 8 heteroatoms. The fourth-order valence-electron chi connectivity index (χ4n) is 3.02. The Balaban J connectivity index is 1.66. The lowest BCUT2D eigenvalue weighted by molar-refractivity contribution is -0.149. The Kier molecular flexibility index (Phi) is 6.96. The normalized spacial score (nSPS) is 10.3. The number of hydrogen-bond donors (Lipinski definition) is 1. The molecule has 0 aliphatic carbocycles. The standard InChI is InChI=1S/C23H20ClN3O4/c1-15-16(2)27(18-8-4-3-5-9-18)23(20(15)12-25)26-21(28)13-31-22(29)14-30-19-10-6-7-17(24)11-19/h3-11H,13-14H2,1-2H3,(H,26,28). The van der Waals surface area contributed by atoms with Crippen molar-refractivity contribution in [1.29, 1.82) is 5.26 Å². The lowest BCUT2D eigenvalue weighted by atomic mass is 10.2. The van der Waals surface area contributed by atoms with Crippen molar-refractivity contribution < 1.29 is 19.1 Å². The van der Waals surface area contributed by atoms with E-state index in [9.17, 15) is 14.9 Å². The maximum Gasteiger partial charge on any atom is 0.344 e. The summed E-state index contributed by atoms with van der Waals surface area (Å²) in [5.74, 6) is -0.525. The summed E-state index contributed by atoms with van der Waals surface area (Å²) in [6.07, 6.45) is 0. The highest BCUT2D eigenvalue weighted by Crippen LogP contribution is 2.29. The van der Waals surface area contributed by atoms with Gasteiger partial charge in [-0.05, 0) is 49.7 Å². The van der Waals surface area contributed by atoms with Crippen molar-refractivity contribution in [2.24, 2.45) is 0 Å². The Morgan fingerprint density at radius 3 is 2.52 bits per heavy atom. The second kappa shape index (κ2) is 9.83. The number of ether oxygens (including phenoxy) is 2. The lowest BCUT2D eigenvalue weighted by Crippen LogP contribution is -2.25. The monoisotopic (exact) mass is 437 g/mol.